The van der Waals surface area contributed by atoms with Crippen LogP contribution in [0.1, 0.15) is 5.69 Å². The van der Waals surface area contributed by atoms with Crippen LogP contribution in [0.4, 0.5) is 0 Å². The van der Waals surface area contributed by atoms with Crippen LogP contribution in [0.2, 0.25) is 0 Å². The van der Waals surface area contributed by atoms with Gasteiger partial charge in [0.05, 0.1) is 16.5 Å². The summed E-state index contributed by atoms with van der Waals surface area (Å²) in [6, 6.07) is 9.78. The quantitative estimate of drug-likeness (QED) is 0.815. The van der Waals surface area contributed by atoms with Crippen molar-refractivity contribution >= 4 is 33.4 Å². The Hall–Kier alpha value is -0.980. The monoisotopic (exact) mass is 302 g/mol. The number of alkyl halides is 1. The first kappa shape index (κ1) is 13.5. The number of halogens is 1. The minimum Gasteiger partial charge on any atom is -0.217 e. The molecule has 0 radical (unpaired) electrons. The van der Waals surface area contributed by atoms with Gasteiger partial charge in [0.25, 0.3) is 0 Å². The van der Waals surface area contributed by atoms with Crippen molar-refractivity contribution in [2.24, 2.45) is 0 Å². The molecular weight excluding hydrogens is 292 g/mol. The second kappa shape index (κ2) is 5.34. The first-order chi connectivity index (χ1) is 8.59. The molecule has 0 saturated heterocycles. The molecule has 7 heteroatoms. The van der Waals surface area contributed by atoms with Gasteiger partial charge in [-0.25, -0.2) is 8.42 Å². The van der Waals surface area contributed by atoms with Gasteiger partial charge in [0.1, 0.15) is 0 Å². The average Bonchev–Trinajstić information content (AvgIpc) is 2.84. The van der Waals surface area contributed by atoms with Crippen LogP contribution in [0, 0.1) is 0 Å². The number of nitrogens with zero attached hydrogens (tertiary/aromatic N) is 2. The number of hydrogen-bond acceptors (Lipinski definition) is 4. The Bertz CT molecular complexity index is 638. The molecule has 0 aliphatic rings. The van der Waals surface area contributed by atoms with Crippen LogP contribution in [0.25, 0.3) is 0 Å². The lowest BCUT2D eigenvalue weighted by molar-refractivity contribution is 0.590. The smallest absolute Gasteiger partial charge is 0.217 e. The summed E-state index contributed by atoms with van der Waals surface area (Å²) in [5, 5.41) is 4.26. The molecule has 96 valence electrons. The van der Waals surface area contributed by atoms with E-state index in [1.54, 1.807) is 36.6 Å². The third kappa shape index (κ3) is 2.41. The van der Waals surface area contributed by atoms with Crippen LogP contribution in [0.3, 0.4) is 0 Å². The Morgan fingerprint density at radius 2 is 2.00 bits per heavy atom. The summed E-state index contributed by atoms with van der Waals surface area (Å²) in [5.41, 5.74) is 0.542. The van der Waals surface area contributed by atoms with Gasteiger partial charge in [-0.1, -0.05) is 18.2 Å². The zero-order chi connectivity index (χ0) is 13.2. The molecule has 1 heterocycles. The fourth-order valence-electron chi connectivity index (χ4n) is 1.49. The Kier molecular flexibility index (Phi) is 3.99. The molecule has 0 spiro atoms. The summed E-state index contributed by atoms with van der Waals surface area (Å²) in [7, 11) is -3.55. The molecule has 0 unspecified atom stereocenters. The molecule has 0 saturated carbocycles. The molecule has 0 N–H and O–H groups in total. The van der Waals surface area contributed by atoms with Crippen molar-refractivity contribution in [3.63, 3.8) is 0 Å². The number of sulfone groups is 1. The highest BCUT2D eigenvalue weighted by atomic mass is 35.5. The number of benzene rings is 1. The van der Waals surface area contributed by atoms with Gasteiger partial charge in [0, 0.05) is 12.3 Å². The van der Waals surface area contributed by atoms with Gasteiger partial charge in [0.2, 0.25) is 9.84 Å². The average molecular weight is 303 g/mol. The first-order valence-corrected chi connectivity index (χ1v) is 8.29. The second-order valence-electron chi connectivity index (χ2n) is 3.48. The predicted octanol–water partition coefficient (Wildman–Crippen LogP) is 2.58. The van der Waals surface area contributed by atoms with E-state index >= 15 is 0 Å². The maximum atomic E-state index is 12.4. The van der Waals surface area contributed by atoms with Crippen LogP contribution in [0.5, 0.6) is 0 Å². The minimum atomic E-state index is -3.55. The summed E-state index contributed by atoms with van der Waals surface area (Å²) in [4.78, 5) is 0.251. The van der Waals surface area contributed by atoms with E-state index in [0.29, 0.717) is 5.69 Å². The van der Waals surface area contributed by atoms with E-state index in [2.05, 4.69) is 5.10 Å². The molecule has 18 heavy (non-hydrogen) atoms. The Morgan fingerprint density at radius 3 is 2.56 bits per heavy atom. The van der Waals surface area contributed by atoms with Crippen LogP contribution in [-0.2, 0) is 15.7 Å². The van der Waals surface area contributed by atoms with Crippen molar-refractivity contribution < 1.29 is 8.42 Å². The molecule has 1 aromatic heterocycles. The molecule has 0 atom stereocenters. The van der Waals surface area contributed by atoms with Gasteiger partial charge in [-0.3, -0.25) is 0 Å². The lowest BCUT2D eigenvalue weighted by Crippen LogP contribution is -2.06. The highest BCUT2D eigenvalue weighted by Gasteiger charge is 2.23. The summed E-state index contributed by atoms with van der Waals surface area (Å²) >= 11 is 6.91. The zero-order valence-electron chi connectivity index (χ0n) is 9.58. The Morgan fingerprint density at radius 1 is 1.33 bits per heavy atom. The van der Waals surface area contributed by atoms with E-state index in [9.17, 15) is 8.42 Å². The van der Waals surface area contributed by atoms with Gasteiger partial charge in [0.15, 0.2) is 5.03 Å². The van der Waals surface area contributed by atoms with Crippen molar-refractivity contribution in [1.29, 1.82) is 0 Å². The number of aromatic nitrogens is 2. The molecule has 0 bridgehead atoms. The third-order valence-electron chi connectivity index (χ3n) is 2.34. The Balaban J connectivity index is 2.57. The fraction of sp³-hybridized carbons (Fsp3) is 0.182. The van der Waals surface area contributed by atoms with E-state index in [1.807, 2.05) is 0 Å². The highest BCUT2D eigenvalue weighted by Crippen LogP contribution is 2.24. The largest absolute Gasteiger partial charge is 0.224 e. The maximum Gasteiger partial charge on any atom is 0.224 e. The normalized spacial score (nSPS) is 11.7. The first-order valence-electron chi connectivity index (χ1n) is 5.09. The van der Waals surface area contributed by atoms with Crippen LogP contribution < -0.4 is 0 Å². The topological polar surface area (TPSA) is 52.0 Å². The molecule has 0 aliphatic heterocycles. The SMILES string of the molecule is CSn1nc(CCl)cc1S(=O)(=O)c1ccccc1. The van der Waals surface area contributed by atoms with Gasteiger partial charge in [-0.05, 0) is 24.1 Å². The second-order valence-corrected chi connectivity index (χ2v) is 6.35. The van der Waals surface area contributed by atoms with E-state index in [0.717, 1.165) is 0 Å². The molecule has 1 aromatic carbocycles. The van der Waals surface area contributed by atoms with Crippen molar-refractivity contribution in [2.75, 3.05) is 6.26 Å². The van der Waals surface area contributed by atoms with Crippen molar-refractivity contribution in [3.05, 3.63) is 42.1 Å². The highest BCUT2D eigenvalue weighted by molar-refractivity contribution is 7.98. The summed E-state index contributed by atoms with van der Waals surface area (Å²) in [5.74, 6) is 0.185. The van der Waals surface area contributed by atoms with Gasteiger partial charge < -0.3 is 0 Å². The molecule has 0 fully saturated rings. The predicted molar refractivity (Wildman–Crippen MR) is 72.6 cm³/mol. The minimum absolute atomic E-state index is 0.150. The van der Waals surface area contributed by atoms with Gasteiger partial charge >= 0.3 is 0 Å². The third-order valence-corrected chi connectivity index (χ3v) is 5.08. The van der Waals surface area contributed by atoms with Crippen LogP contribution in [0.15, 0.2) is 46.3 Å². The summed E-state index contributed by atoms with van der Waals surface area (Å²) < 4.78 is 26.2. The van der Waals surface area contributed by atoms with Gasteiger partial charge in [-0.2, -0.15) is 9.19 Å². The van der Waals surface area contributed by atoms with Gasteiger partial charge in [-0.15, -0.1) is 11.6 Å². The van der Waals surface area contributed by atoms with E-state index in [1.165, 1.54) is 22.1 Å². The van der Waals surface area contributed by atoms with Crippen molar-refractivity contribution in [3.8, 4) is 0 Å². The Labute approximate surface area is 115 Å². The van der Waals surface area contributed by atoms with E-state index in [-0.39, 0.29) is 15.8 Å². The lowest BCUT2D eigenvalue weighted by atomic mass is 10.4. The van der Waals surface area contributed by atoms with Crippen molar-refractivity contribution in [1.82, 2.24) is 9.19 Å². The molecule has 2 aromatic rings. The van der Waals surface area contributed by atoms with Crippen LogP contribution >= 0.6 is 23.5 Å². The maximum absolute atomic E-state index is 12.4. The lowest BCUT2D eigenvalue weighted by Gasteiger charge is -2.04. The molecular formula is C11H11ClN2O2S2. The molecule has 4 nitrogen and oxygen atoms in total. The standard InChI is InChI=1S/C11H11ClN2O2S2/c1-17-14-11(7-9(8-12)13-14)18(15,16)10-5-3-2-4-6-10/h2-7H,8H2,1H3. The zero-order valence-corrected chi connectivity index (χ0v) is 12.0. The molecule has 0 aliphatic carbocycles. The molecule has 0 amide bonds. The summed E-state index contributed by atoms with van der Waals surface area (Å²) in [6.45, 7) is 0. The van der Waals surface area contributed by atoms with Crippen LogP contribution in [-0.4, -0.2) is 23.9 Å². The molecule has 2 rings (SSSR count). The van der Waals surface area contributed by atoms with E-state index < -0.39 is 9.84 Å². The number of hydrogen-bond donors (Lipinski definition) is 0. The van der Waals surface area contributed by atoms with E-state index in [4.69, 9.17) is 11.6 Å². The fourth-order valence-corrected chi connectivity index (χ4v) is 3.85. The summed E-state index contributed by atoms with van der Waals surface area (Å²) in [6.07, 6.45) is 1.76. The number of rotatable bonds is 4. The van der Waals surface area contributed by atoms with Crippen molar-refractivity contribution in [2.45, 2.75) is 15.8 Å².